The molecule has 0 aromatic carbocycles. The zero-order valence-corrected chi connectivity index (χ0v) is 16.7. The van der Waals surface area contributed by atoms with E-state index >= 15 is 0 Å². The minimum atomic E-state index is -0.273. The van der Waals surface area contributed by atoms with Crippen LogP contribution in [-0.4, -0.2) is 17.0 Å². The van der Waals surface area contributed by atoms with Crippen molar-refractivity contribution >= 4 is 5.78 Å². The number of nitriles is 1. The summed E-state index contributed by atoms with van der Waals surface area (Å²) in [6.45, 7) is 7.11. The fraction of sp³-hybridized carbons (Fsp3) is 0.913. The maximum absolute atomic E-state index is 13.1. The monoisotopic (exact) mass is 357 g/mol. The van der Waals surface area contributed by atoms with E-state index in [1.165, 1.54) is 25.7 Å². The first kappa shape index (κ1) is 18.5. The number of nitrogens with zero attached hydrogens (tertiary/aromatic N) is 1. The van der Waals surface area contributed by atoms with E-state index in [-0.39, 0.29) is 17.4 Å². The van der Waals surface area contributed by atoms with Crippen molar-refractivity contribution in [1.29, 1.82) is 5.26 Å². The summed E-state index contributed by atoms with van der Waals surface area (Å²) in [5.41, 5.74) is 0.423. The van der Waals surface area contributed by atoms with E-state index in [9.17, 15) is 9.90 Å². The second kappa shape index (κ2) is 6.33. The van der Waals surface area contributed by atoms with Crippen LogP contribution in [0.3, 0.4) is 0 Å². The molecule has 1 N–H and O–H groups in total. The predicted molar refractivity (Wildman–Crippen MR) is 101 cm³/mol. The van der Waals surface area contributed by atoms with Crippen LogP contribution in [0, 0.1) is 57.7 Å². The Balaban J connectivity index is 1.62. The number of fused-ring (bicyclic) bond motifs is 5. The first-order chi connectivity index (χ1) is 12.3. The lowest BCUT2D eigenvalue weighted by molar-refractivity contribution is -0.160. The SMILES string of the molecule is C[C@H](CC#N)[C@H]1CC[C@H]2[C@@H]3CC(=O)[C@@H]4C[C@H](O)CC[C@]4(C)[C@H]3CC[C@]12C. The number of aliphatic hydroxyl groups is 1. The lowest BCUT2D eigenvalue weighted by Crippen LogP contribution is -2.57. The highest BCUT2D eigenvalue weighted by molar-refractivity contribution is 5.83. The first-order valence-electron chi connectivity index (χ1n) is 10.9. The highest BCUT2D eigenvalue weighted by Gasteiger charge is 2.62. The molecule has 3 nitrogen and oxygen atoms in total. The van der Waals surface area contributed by atoms with Crippen LogP contribution in [0.1, 0.15) is 78.6 Å². The van der Waals surface area contributed by atoms with E-state index in [4.69, 9.17) is 5.26 Å². The molecular weight excluding hydrogens is 322 g/mol. The molecular formula is C23H35NO2. The topological polar surface area (TPSA) is 61.1 Å². The van der Waals surface area contributed by atoms with Gasteiger partial charge < -0.3 is 5.11 Å². The van der Waals surface area contributed by atoms with Crippen LogP contribution in [-0.2, 0) is 4.79 Å². The maximum atomic E-state index is 13.1. The number of carbonyl (C=O) groups excluding carboxylic acids is 1. The van der Waals surface area contributed by atoms with Gasteiger partial charge in [0.2, 0.25) is 0 Å². The van der Waals surface area contributed by atoms with Crippen molar-refractivity contribution in [1.82, 2.24) is 0 Å². The number of rotatable bonds is 2. The average molecular weight is 358 g/mol. The third-order valence-corrected chi connectivity index (χ3v) is 9.60. The van der Waals surface area contributed by atoms with Crippen LogP contribution in [0.25, 0.3) is 0 Å². The van der Waals surface area contributed by atoms with Crippen molar-refractivity contribution in [3.05, 3.63) is 0 Å². The van der Waals surface area contributed by atoms with Gasteiger partial charge in [-0.2, -0.15) is 5.26 Å². The van der Waals surface area contributed by atoms with Crippen LogP contribution in [0.5, 0.6) is 0 Å². The number of Topliss-reactive ketones (excluding diaryl/α,β-unsaturated/α-hetero) is 1. The van der Waals surface area contributed by atoms with Gasteiger partial charge in [-0.05, 0) is 85.4 Å². The van der Waals surface area contributed by atoms with Crippen LogP contribution >= 0.6 is 0 Å². The molecule has 0 unspecified atom stereocenters. The Kier molecular flexibility index (Phi) is 4.50. The van der Waals surface area contributed by atoms with Gasteiger partial charge in [-0.3, -0.25) is 4.79 Å². The van der Waals surface area contributed by atoms with Crippen molar-refractivity contribution in [2.24, 2.45) is 46.3 Å². The number of hydrogen-bond donors (Lipinski definition) is 1. The summed E-state index contributed by atoms with van der Waals surface area (Å²) in [4.78, 5) is 13.1. The molecule has 0 aliphatic heterocycles. The second-order valence-corrected chi connectivity index (χ2v) is 10.6. The molecule has 4 fully saturated rings. The summed E-state index contributed by atoms with van der Waals surface area (Å²) in [5.74, 6) is 3.48. The van der Waals surface area contributed by atoms with E-state index in [2.05, 4.69) is 26.8 Å². The highest BCUT2D eigenvalue weighted by atomic mass is 16.3. The van der Waals surface area contributed by atoms with Crippen LogP contribution in [0.15, 0.2) is 0 Å². The van der Waals surface area contributed by atoms with E-state index in [0.717, 1.165) is 19.3 Å². The van der Waals surface area contributed by atoms with Crippen molar-refractivity contribution in [3.63, 3.8) is 0 Å². The van der Waals surface area contributed by atoms with Crippen LogP contribution in [0.2, 0.25) is 0 Å². The first-order valence-corrected chi connectivity index (χ1v) is 10.9. The summed E-state index contributed by atoms with van der Waals surface area (Å²) >= 11 is 0. The average Bonchev–Trinajstić information content (AvgIpc) is 2.94. The number of aliphatic hydroxyl groups excluding tert-OH is 1. The van der Waals surface area contributed by atoms with Crippen molar-refractivity contribution < 1.29 is 9.90 Å². The summed E-state index contributed by atoms with van der Waals surface area (Å²) in [6, 6.07) is 2.39. The second-order valence-electron chi connectivity index (χ2n) is 10.6. The van der Waals surface area contributed by atoms with Gasteiger partial charge in [0.1, 0.15) is 5.78 Å². The van der Waals surface area contributed by atoms with E-state index in [0.29, 0.717) is 53.6 Å². The lowest BCUT2D eigenvalue weighted by Gasteiger charge is -2.60. The van der Waals surface area contributed by atoms with Gasteiger partial charge in [0.05, 0.1) is 12.2 Å². The fourth-order valence-corrected chi connectivity index (χ4v) is 8.28. The number of carbonyl (C=O) groups is 1. The molecule has 4 aliphatic rings. The number of hydrogen-bond acceptors (Lipinski definition) is 3. The molecule has 4 rings (SSSR count). The largest absolute Gasteiger partial charge is 0.393 e. The molecule has 144 valence electrons. The molecule has 4 saturated carbocycles. The lowest BCUT2D eigenvalue weighted by atomic mass is 9.44. The van der Waals surface area contributed by atoms with E-state index < -0.39 is 0 Å². The minimum absolute atomic E-state index is 0.0894. The Bertz CT molecular complexity index is 624. The maximum Gasteiger partial charge on any atom is 0.136 e. The molecule has 26 heavy (non-hydrogen) atoms. The zero-order valence-electron chi connectivity index (χ0n) is 16.7. The van der Waals surface area contributed by atoms with Gasteiger partial charge >= 0.3 is 0 Å². The van der Waals surface area contributed by atoms with Crippen LogP contribution in [0.4, 0.5) is 0 Å². The fourth-order valence-electron chi connectivity index (χ4n) is 8.28. The van der Waals surface area contributed by atoms with Gasteiger partial charge in [-0.25, -0.2) is 0 Å². The van der Waals surface area contributed by atoms with E-state index in [1.54, 1.807) is 0 Å². The van der Waals surface area contributed by atoms with Gasteiger partial charge in [0.25, 0.3) is 0 Å². The molecule has 0 amide bonds. The summed E-state index contributed by atoms with van der Waals surface area (Å²) in [5, 5.41) is 19.3. The van der Waals surface area contributed by atoms with Gasteiger partial charge in [-0.15, -0.1) is 0 Å². The van der Waals surface area contributed by atoms with E-state index in [1.807, 2.05) is 0 Å². The molecule has 0 bridgehead atoms. The van der Waals surface area contributed by atoms with Crippen molar-refractivity contribution in [2.45, 2.75) is 84.7 Å². The third-order valence-electron chi connectivity index (χ3n) is 9.60. The molecule has 0 spiro atoms. The quantitative estimate of drug-likeness (QED) is 0.777. The molecule has 0 saturated heterocycles. The Labute approximate surface area is 158 Å². The zero-order chi connectivity index (χ0) is 18.7. The highest BCUT2D eigenvalue weighted by Crippen LogP contribution is 2.67. The van der Waals surface area contributed by atoms with Crippen LogP contribution < -0.4 is 0 Å². The molecule has 4 aliphatic carbocycles. The van der Waals surface area contributed by atoms with Gasteiger partial charge in [0, 0.05) is 18.8 Å². The molecule has 0 heterocycles. The molecule has 3 heteroatoms. The van der Waals surface area contributed by atoms with Gasteiger partial charge in [0.15, 0.2) is 0 Å². The summed E-state index contributed by atoms with van der Waals surface area (Å²) in [7, 11) is 0. The summed E-state index contributed by atoms with van der Waals surface area (Å²) < 4.78 is 0. The Hall–Kier alpha value is -0.880. The molecule has 9 atom stereocenters. The Morgan fingerprint density at radius 3 is 2.58 bits per heavy atom. The van der Waals surface area contributed by atoms with Gasteiger partial charge in [-0.1, -0.05) is 20.8 Å². The van der Waals surface area contributed by atoms with Crippen molar-refractivity contribution in [3.8, 4) is 6.07 Å². The molecule has 0 radical (unpaired) electrons. The number of ketones is 1. The predicted octanol–water partition coefficient (Wildman–Crippen LogP) is 4.73. The standard InChI is InChI=1S/C23H35NO2/c1-14(8-11-24)17-4-5-18-16-13-21(26)20-12-15(25)6-9-23(20,3)19(16)7-10-22(17,18)2/h14-20,25H,4-10,12-13H2,1-3H3/t14-,15-,16+,17-,18+,19+,20+,22-,23-/m1/s1. The smallest absolute Gasteiger partial charge is 0.136 e. The molecule has 0 aromatic heterocycles. The normalized spacial score (nSPS) is 51.7. The van der Waals surface area contributed by atoms with Crippen molar-refractivity contribution in [2.75, 3.05) is 0 Å². The minimum Gasteiger partial charge on any atom is -0.393 e. The Morgan fingerprint density at radius 2 is 1.85 bits per heavy atom. The summed E-state index contributed by atoms with van der Waals surface area (Å²) in [6.07, 6.45) is 8.70. The Morgan fingerprint density at radius 1 is 1.15 bits per heavy atom. The third kappa shape index (κ3) is 2.51. The molecule has 0 aromatic rings.